The summed E-state index contributed by atoms with van der Waals surface area (Å²) in [6, 6.07) is -0.318. The van der Waals surface area contributed by atoms with E-state index in [4.69, 9.17) is 4.74 Å². The van der Waals surface area contributed by atoms with E-state index in [0.29, 0.717) is 5.41 Å². The molecule has 1 N–H and O–H groups in total. The smallest absolute Gasteiger partial charge is 0.328 e. The second kappa shape index (κ2) is 5.95. The minimum absolute atomic E-state index is 0.240. The van der Waals surface area contributed by atoms with Gasteiger partial charge in [-0.15, -0.1) is 0 Å². The van der Waals surface area contributed by atoms with Gasteiger partial charge in [0.25, 0.3) is 0 Å². The highest BCUT2D eigenvalue weighted by Gasteiger charge is 2.35. The second-order valence-corrected chi connectivity index (χ2v) is 6.32. The van der Waals surface area contributed by atoms with Crippen molar-refractivity contribution in [2.45, 2.75) is 45.1 Å². The second-order valence-electron chi connectivity index (χ2n) is 5.36. The molecule has 1 saturated carbocycles. The van der Waals surface area contributed by atoms with Crippen molar-refractivity contribution in [3.05, 3.63) is 0 Å². The van der Waals surface area contributed by atoms with Gasteiger partial charge in [-0.1, -0.05) is 31.0 Å². The lowest BCUT2D eigenvalue weighted by Gasteiger charge is -2.38. The highest BCUT2D eigenvalue weighted by atomic mass is 32.2. The minimum Gasteiger partial charge on any atom is -0.467 e. The average molecular weight is 270 g/mol. The maximum absolute atomic E-state index is 11.3. The molecule has 1 heterocycles. The zero-order chi connectivity index (χ0) is 13.0. The van der Waals surface area contributed by atoms with Crippen LogP contribution in [0, 0.1) is 5.41 Å². The van der Waals surface area contributed by atoms with Crippen molar-refractivity contribution in [1.29, 1.82) is 0 Å². The van der Waals surface area contributed by atoms with Gasteiger partial charge in [0.15, 0.2) is 5.17 Å². The maximum Gasteiger partial charge on any atom is 0.328 e. The van der Waals surface area contributed by atoms with Gasteiger partial charge in [-0.2, -0.15) is 0 Å². The SMILES string of the molecule is COC(=O)C(C)NC1=NCC2(CCCCC2)CS1. The standard InChI is InChI=1S/C13H22N2O2S/c1-10(11(16)17-2)15-12-14-8-13(9-18-12)6-4-3-5-7-13/h10H,3-9H2,1-2H3,(H,14,15). The topological polar surface area (TPSA) is 50.7 Å². The van der Waals surface area contributed by atoms with Crippen LogP contribution in [0.25, 0.3) is 0 Å². The number of nitrogens with one attached hydrogen (secondary N) is 1. The Morgan fingerprint density at radius 2 is 2.17 bits per heavy atom. The molecule has 2 rings (SSSR count). The van der Waals surface area contributed by atoms with Crippen molar-refractivity contribution < 1.29 is 9.53 Å². The Morgan fingerprint density at radius 3 is 2.72 bits per heavy atom. The molecule has 0 aromatic heterocycles. The van der Waals surface area contributed by atoms with E-state index in [0.717, 1.165) is 17.5 Å². The molecule has 102 valence electrons. The maximum atomic E-state index is 11.3. The molecule has 0 saturated heterocycles. The van der Waals surface area contributed by atoms with Gasteiger partial charge in [0.2, 0.25) is 0 Å². The van der Waals surface area contributed by atoms with Crippen molar-refractivity contribution in [3.63, 3.8) is 0 Å². The van der Waals surface area contributed by atoms with Crippen molar-refractivity contribution in [2.75, 3.05) is 19.4 Å². The number of carbonyl (C=O) groups excluding carboxylic acids is 1. The fourth-order valence-corrected chi connectivity index (χ4v) is 3.90. The van der Waals surface area contributed by atoms with Gasteiger partial charge in [-0.05, 0) is 25.2 Å². The van der Waals surface area contributed by atoms with E-state index < -0.39 is 0 Å². The number of carbonyl (C=O) groups is 1. The highest BCUT2D eigenvalue weighted by Crippen LogP contribution is 2.41. The Hall–Kier alpha value is -0.710. The lowest BCUT2D eigenvalue weighted by molar-refractivity contribution is -0.142. The summed E-state index contributed by atoms with van der Waals surface area (Å²) >= 11 is 1.76. The van der Waals surface area contributed by atoms with Gasteiger partial charge in [-0.25, -0.2) is 4.79 Å². The molecule has 0 amide bonds. The summed E-state index contributed by atoms with van der Waals surface area (Å²) in [5, 5.41) is 4.02. The number of hydrogen-bond donors (Lipinski definition) is 1. The summed E-state index contributed by atoms with van der Waals surface area (Å²) < 4.78 is 4.70. The summed E-state index contributed by atoms with van der Waals surface area (Å²) in [5.74, 6) is 0.892. The lowest BCUT2D eigenvalue weighted by atomic mass is 9.75. The zero-order valence-corrected chi connectivity index (χ0v) is 12.0. The first kappa shape index (κ1) is 13.7. The van der Waals surface area contributed by atoms with Gasteiger partial charge in [0, 0.05) is 12.3 Å². The molecule has 0 radical (unpaired) electrons. The average Bonchev–Trinajstić information content (AvgIpc) is 2.41. The van der Waals surface area contributed by atoms with Crippen LogP contribution in [0.5, 0.6) is 0 Å². The molecule has 0 aromatic rings. The molecule has 1 spiro atoms. The molecule has 1 fully saturated rings. The first-order chi connectivity index (χ1) is 8.65. The Bertz CT molecular complexity index is 338. The summed E-state index contributed by atoms with van der Waals surface area (Å²) in [6.07, 6.45) is 6.68. The summed E-state index contributed by atoms with van der Waals surface area (Å²) in [5.41, 5.74) is 0.433. The fraction of sp³-hybridized carbons (Fsp3) is 0.846. The number of amidine groups is 1. The molecular formula is C13H22N2O2S. The van der Waals surface area contributed by atoms with E-state index in [1.54, 1.807) is 18.7 Å². The van der Waals surface area contributed by atoms with Crippen molar-refractivity contribution >= 4 is 22.9 Å². The molecular weight excluding hydrogens is 248 g/mol. The Morgan fingerprint density at radius 1 is 1.44 bits per heavy atom. The van der Waals surface area contributed by atoms with Crippen molar-refractivity contribution in [3.8, 4) is 0 Å². The monoisotopic (exact) mass is 270 g/mol. The van der Waals surface area contributed by atoms with Gasteiger partial charge >= 0.3 is 5.97 Å². The Balaban J connectivity index is 1.88. The van der Waals surface area contributed by atoms with Crippen LogP contribution >= 0.6 is 11.8 Å². The third-order valence-electron chi connectivity index (χ3n) is 3.88. The number of hydrogen-bond acceptors (Lipinski definition) is 5. The molecule has 5 heteroatoms. The van der Waals surface area contributed by atoms with E-state index in [-0.39, 0.29) is 12.0 Å². The van der Waals surface area contributed by atoms with Gasteiger partial charge < -0.3 is 10.1 Å². The largest absolute Gasteiger partial charge is 0.467 e. The van der Waals surface area contributed by atoms with Crippen LogP contribution in [0.3, 0.4) is 0 Å². The number of thioether (sulfide) groups is 1. The molecule has 1 atom stereocenters. The van der Waals surface area contributed by atoms with Crippen LogP contribution in [-0.4, -0.2) is 36.6 Å². The molecule has 1 aliphatic carbocycles. The number of ether oxygens (including phenoxy) is 1. The van der Waals surface area contributed by atoms with E-state index in [1.807, 2.05) is 0 Å². The molecule has 0 aromatic carbocycles. The van der Waals surface area contributed by atoms with Crippen LogP contribution in [0.1, 0.15) is 39.0 Å². The van der Waals surface area contributed by atoms with E-state index in [9.17, 15) is 4.79 Å². The third-order valence-corrected chi connectivity index (χ3v) is 5.16. The van der Waals surface area contributed by atoms with Gasteiger partial charge in [-0.3, -0.25) is 4.99 Å². The molecule has 18 heavy (non-hydrogen) atoms. The number of rotatable bonds is 2. The normalized spacial score (nSPS) is 24.2. The molecule has 1 aliphatic heterocycles. The first-order valence-electron chi connectivity index (χ1n) is 6.67. The Kier molecular flexibility index (Phi) is 4.54. The zero-order valence-electron chi connectivity index (χ0n) is 11.2. The predicted molar refractivity (Wildman–Crippen MR) is 74.9 cm³/mol. The van der Waals surface area contributed by atoms with Crippen LogP contribution in [0.15, 0.2) is 4.99 Å². The number of esters is 1. The molecule has 1 unspecified atom stereocenters. The minimum atomic E-state index is -0.318. The molecule has 4 nitrogen and oxygen atoms in total. The van der Waals surface area contributed by atoms with Crippen molar-refractivity contribution in [1.82, 2.24) is 5.32 Å². The van der Waals surface area contributed by atoms with Crippen LogP contribution < -0.4 is 5.32 Å². The number of nitrogens with zero attached hydrogens (tertiary/aromatic N) is 1. The van der Waals surface area contributed by atoms with Gasteiger partial charge in [0.05, 0.1) is 7.11 Å². The summed E-state index contributed by atoms with van der Waals surface area (Å²) in [4.78, 5) is 16.0. The van der Waals surface area contributed by atoms with E-state index in [2.05, 4.69) is 10.3 Å². The number of aliphatic imine (C=N–C) groups is 1. The summed E-state index contributed by atoms with van der Waals surface area (Å²) in [6.45, 7) is 2.72. The van der Waals surface area contributed by atoms with E-state index >= 15 is 0 Å². The first-order valence-corrected chi connectivity index (χ1v) is 7.65. The fourth-order valence-electron chi connectivity index (χ4n) is 2.66. The van der Waals surface area contributed by atoms with Crippen LogP contribution in [-0.2, 0) is 9.53 Å². The van der Waals surface area contributed by atoms with E-state index in [1.165, 1.54) is 39.2 Å². The quantitative estimate of drug-likeness (QED) is 0.782. The summed E-state index contributed by atoms with van der Waals surface area (Å²) in [7, 11) is 1.41. The third kappa shape index (κ3) is 3.19. The van der Waals surface area contributed by atoms with Crippen molar-refractivity contribution in [2.24, 2.45) is 10.4 Å². The number of methoxy groups -OCH3 is 1. The van der Waals surface area contributed by atoms with Crippen LogP contribution in [0.4, 0.5) is 0 Å². The van der Waals surface area contributed by atoms with Gasteiger partial charge in [0.1, 0.15) is 6.04 Å². The Labute approximate surface area is 113 Å². The molecule has 2 aliphatic rings. The highest BCUT2D eigenvalue weighted by molar-refractivity contribution is 8.13. The molecule has 0 bridgehead atoms. The predicted octanol–water partition coefficient (Wildman–Crippen LogP) is 2.19. The van der Waals surface area contributed by atoms with Crippen LogP contribution in [0.2, 0.25) is 0 Å². The lowest BCUT2D eigenvalue weighted by Crippen LogP contribution is -2.42.